The van der Waals surface area contributed by atoms with Gasteiger partial charge >= 0.3 is 0 Å². The number of benzene rings is 2. The molecule has 1 aliphatic heterocycles. The van der Waals surface area contributed by atoms with Gasteiger partial charge in [0.15, 0.2) is 0 Å². The van der Waals surface area contributed by atoms with Crippen LogP contribution < -0.4 is 10.0 Å². The summed E-state index contributed by atoms with van der Waals surface area (Å²) in [6.45, 7) is 0.633. The Labute approximate surface area is 151 Å². The second-order valence-corrected chi connectivity index (χ2v) is 7.65. The van der Waals surface area contributed by atoms with Crippen LogP contribution in [-0.4, -0.2) is 26.7 Å². The SMILES string of the molecule is O=C(Nc1cccc(S(=O)(=O)NC2=NCCC2)c1)c1cccc(Cl)c1. The quantitative estimate of drug-likeness (QED) is 0.858. The van der Waals surface area contributed by atoms with Gasteiger partial charge in [-0.3, -0.25) is 14.5 Å². The standard InChI is InChI=1S/C17H16ClN3O3S/c18-13-5-1-4-12(10-13)17(22)20-14-6-2-7-15(11-14)25(23,24)21-16-8-3-9-19-16/h1-2,4-7,10-11H,3,8-9H2,(H,19,21)(H,20,22). The van der Waals surface area contributed by atoms with Crippen molar-refractivity contribution in [3.63, 3.8) is 0 Å². The number of carbonyl (C=O) groups excluding carboxylic acids is 1. The maximum absolute atomic E-state index is 12.4. The number of aliphatic imine (C=N–C) groups is 1. The summed E-state index contributed by atoms with van der Waals surface area (Å²) >= 11 is 5.88. The molecule has 25 heavy (non-hydrogen) atoms. The molecule has 0 radical (unpaired) electrons. The Morgan fingerprint density at radius 2 is 1.92 bits per heavy atom. The van der Waals surface area contributed by atoms with E-state index in [2.05, 4.69) is 15.0 Å². The van der Waals surface area contributed by atoms with Gasteiger partial charge in [0.1, 0.15) is 5.84 Å². The molecule has 0 spiro atoms. The average Bonchev–Trinajstić information content (AvgIpc) is 3.07. The zero-order valence-corrected chi connectivity index (χ0v) is 14.8. The van der Waals surface area contributed by atoms with E-state index in [0.717, 1.165) is 6.42 Å². The monoisotopic (exact) mass is 377 g/mol. The summed E-state index contributed by atoms with van der Waals surface area (Å²) < 4.78 is 27.3. The molecule has 1 amide bonds. The number of hydrogen-bond donors (Lipinski definition) is 2. The number of amidine groups is 1. The van der Waals surface area contributed by atoms with Crippen LogP contribution in [0, 0.1) is 0 Å². The maximum atomic E-state index is 12.4. The van der Waals surface area contributed by atoms with E-state index in [1.807, 2.05) is 0 Å². The predicted octanol–water partition coefficient (Wildman–Crippen LogP) is 3.06. The van der Waals surface area contributed by atoms with Crippen LogP contribution >= 0.6 is 11.6 Å². The molecule has 2 N–H and O–H groups in total. The van der Waals surface area contributed by atoms with Crippen LogP contribution in [0.15, 0.2) is 58.4 Å². The van der Waals surface area contributed by atoms with Crippen LogP contribution in [-0.2, 0) is 10.0 Å². The van der Waals surface area contributed by atoms with Crippen molar-refractivity contribution in [2.75, 3.05) is 11.9 Å². The van der Waals surface area contributed by atoms with Crippen LogP contribution in [0.25, 0.3) is 0 Å². The zero-order chi connectivity index (χ0) is 17.9. The molecule has 0 fully saturated rings. The molecule has 3 rings (SSSR count). The molecular weight excluding hydrogens is 362 g/mol. The summed E-state index contributed by atoms with van der Waals surface area (Å²) in [5.41, 5.74) is 0.764. The van der Waals surface area contributed by atoms with E-state index in [-0.39, 0.29) is 10.8 Å². The van der Waals surface area contributed by atoms with Crippen molar-refractivity contribution in [3.05, 3.63) is 59.1 Å². The Bertz CT molecular complexity index is 942. The fourth-order valence-corrected chi connectivity index (χ4v) is 3.74. The second kappa shape index (κ2) is 7.25. The number of anilines is 1. The highest BCUT2D eigenvalue weighted by molar-refractivity contribution is 7.90. The number of amides is 1. The van der Waals surface area contributed by atoms with Crippen LogP contribution in [0.2, 0.25) is 5.02 Å². The summed E-state index contributed by atoms with van der Waals surface area (Å²) in [6.07, 6.45) is 1.46. The highest BCUT2D eigenvalue weighted by Gasteiger charge is 2.19. The highest BCUT2D eigenvalue weighted by atomic mass is 35.5. The fraction of sp³-hybridized carbons (Fsp3) is 0.176. The van der Waals surface area contributed by atoms with Gasteiger partial charge in [-0.1, -0.05) is 23.7 Å². The first kappa shape index (κ1) is 17.4. The summed E-state index contributed by atoms with van der Waals surface area (Å²) in [4.78, 5) is 16.4. The Morgan fingerprint density at radius 3 is 2.64 bits per heavy atom. The molecule has 0 unspecified atom stereocenters. The van der Waals surface area contributed by atoms with Crippen LogP contribution in [0.5, 0.6) is 0 Å². The Kier molecular flexibility index (Phi) is 5.06. The smallest absolute Gasteiger partial charge is 0.262 e. The number of nitrogens with zero attached hydrogens (tertiary/aromatic N) is 1. The minimum atomic E-state index is -3.73. The van der Waals surface area contributed by atoms with E-state index in [4.69, 9.17) is 11.6 Å². The van der Waals surface area contributed by atoms with Gasteiger partial charge < -0.3 is 5.32 Å². The third-order valence-corrected chi connectivity index (χ3v) is 5.23. The maximum Gasteiger partial charge on any atom is 0.262 e. The summed E-state index contributed by atoms with van der Waals surface area (Å²) in [5, 5.41) is 3.12. The predicted molar refractivity (Wildman–Crippen MR) is 97.7 cm³/mol. The minimum Gasteiger partial charge on any atom is -0.322 e. The van der Waals surface area contributed by atoms with Crippen LogP contribution in [0.4, 0.5) is 5.69 Å². The molecule has 1 aliphatic rings. The van der Waals surface area contributed by atoms with Gasteiger partial charge in [-0.25, -0.2) is 8.42 Å². The fourth-order valence-electron chi connectivity index (χ4n) is 2.41. The van der Waals surface area contributed by atoms with Crippen molar-refractivity contribution in [3.8, 4) is 0 Å². The second-order valence-electron chi connectivity index (χ2n) is 5.53. The highest BCUT2D eigenvalue weighted by Crippen LogP contribution is 2.18. The Balaban J connectivity index is 1.78. The molecular formula is C17H16ClN3O3S. The van der Waals surface area contributed by atoms with E-state index in [0.29, 0.717) is 35.1 Å². The van der Waals surface area contributed by atoms with E-state index in [1.54, 1.807) is 30.3 Å². The minimum absolute atomic E-state index is 0.0611. The largest absolute Gasteiger partial charge is 0.322 e. The molecule has 2 aromatic rings. The Morgan fingerprint density at radius 1 is 1.12 bits per heavy atom. The topological polar surface area (TPSA) is 87.6 Å². The molecule has 0 atom stereocenters. The summed E-state index contributed by atoms with van der Waals surface area (Å²) in [7, 11) is -3.73. The molecule has 8 heteroatoms. The van der Waals surface area contributed by atoms with Crippen molar-refractivity contribution in [2.24, 2.45) is 4.99 Å². The average molecular weight is 378 g/mol. The zero-order valence-electron chi connectivity index (χ0n) is 13.2. The summed E-state index contributed by atoms with van der Waals surface area (Å²) in [5.74, 6) is 0.0959. The van der Waals surface area contributed by atoms with E-state index >= 15 is 0 Å². The number of carbonyl (C=O) groups is 1. The number of nitrogens with one attached hydrogen (secondary N) is 2. The molecule has 130 valence electrons. The van der Waals surface area contributed by atoms with Crippen molar-refractivity contribution in [1.82, 2.24) is 4.72 Å². The van der Waals surface area contributed by atoms with E-state index in [9.17, 15) is 13.2 Å². The lowest BCUT2D eigenvalue weighted by Gasteiger charge is -2.10. The molecule has 0 bridgehead atoms. The van der Waals surface area contributed by atoms with Gasteiger partial charge in [-0.15, -0.1) is 0 Å². The lowest BCUT2D eigenvalue weighted by Crippen LogP contribution is -2.29. The van der Waals surface area contributed by atoms with Gasteiger partial charge in [-0.05, 0) is 42.8 Å². The van der Waals surface area contributed by atoms with Gasteiger partial charge in [0, 0.05) is 29.2 Å². The first-order chi connectivity index (χ1) is 11.9. The number of sulfonamides is 1. The molecule has 6 nitrogen and oxygen atoms in total. The molecule has 0 saturated carbocycles. The van der Waals surface area contributed by atoms with Gasteiger partial charge in [0.05, 0.1) is 4.90 Å². The van der Waals surface area contributed by atoms with Crippen molar-refractivity contribution in [2.45, 2.75) is 17.7 Å². The molecule has 0 aromatic heterocycles. The lowest BCUT2D eigenvalue weighted by atomic mass is 10.2. The molecule has 0 aliphatic carbocycles. The van der Waals surface area contributed by atoms with Gasteiger partial charge in [-0.2, -0.15) is 0 Å². The van der Waals surface area contributed by atoms with Gasteiger partial charge in [0.2, 0.25) is 0 Å². The van der Waals surface area contributed by atoms with Crippen LogP contribution in [0.3, 0.4) is 0 Å². The molecule has 1 heterocycles. The number of hydrogen-bond acceptors (Lipinski definition) is 4. The number of rotatable bonds is 4. The van der Waals surface area contributed by atoms with E-state index in [1.165, 1.54) is 18.2 Å². The number of halogens is 1. The first-order valence-corrected chi connectivity index (χ1v) is 9.53. The van der Waals surface area contributed by atoms with E-state index < -0.39 is 10.0 Å². The van der Waals surface area contributed by atoms with Gasteiger partial charge in [0.25, 0.3) is 15.9 Å². The summed E-state index contributed by atoms with van der Waals surface area (Å²) in [6, 6.07) is 12.6. The normalized spacial score (nSPS) is 14.0. The molecule has 2 aromatic carbocycles. The third-order valence-electron chi connectivity index (χ3n) is 3.62. The van der Waals surface area contributed by atoms with Crippen molar-refractivity contribution >= 4 is 39.1 Å². The Hall–Kier alpha value is -2.38. The molecule has 0 saturated heterocycles. The van der Waals surface area contributed by atoms with Crippen molar-refractivity contribution < 1.29 is 13.2 Å². The lowest BCUT2D eigenvalue weighted by molar-refractivity contribution is 0.102. The first-order valence-electron chi connectivity index (χ1n) is 7.67. The van der Waals surface area contributed by atoms with Crippen LogP contribution in [0.1, 0.15) is 23.2 Å². The third kappa shape index (κ3) is 4.37. The van der Waals surface area contributed by atoms with Crippen molar-refractivity contribution in [1.29, 1.82) is 0 Å².